The molecule has 0 saturated carbocycles. The Kier molecular flexibility index (Phi) is 6.53. The van der Waals surface area contributed by atoms with E-state index in [2.05, 4.69) is 5.32 Å². The number of nitrogens with one attached hydrogen (secondary N) is 1. The van der Waals surface area contributed by atoms with Crippen molar-refractivity contribution in [3.05, 3.63) is 58.9 Å². The van der Waals surface area contributed by atoms with Gasteiger partial charge in [0.05, 0.1) is 10.5 Å². The Labute approximate surface area is 160 Å². The average molecular weight is 415 g/mol. The molecular formula is C17H16ClFN2O5S. The van der Waals surface area contributed by atoms with Crippen LogP contribution < -0.4 is 5.32 Å². The second kappa shape index (κ2) is 8.47. The molecule has 2 aromatic carbocycles. The molecule has 0 atom stereocenters. The topological polar surface area (TPSA) is 92.8 Å². The summed E-state index contributed by atoms with van der Waals surface area (Å²) in [5.74, 6) is -2.53. The molecule has 2 aromatic rings. The molecule has 0 saturated heterocycles. The van der Waals surface area contributed by atoms with E-state index in [1.165, 1.54) is 44.4 Å². The van der Waals surface area contributed by atoms with Crippen LogP contribution in [-0.2, 0) is 19.6 Å². The number of amides is 1. The van der Waals surface area contributed by atoms with Crippen LogP contribution in [0.2, 0.25) is 5.02 Å². The van der Waals surface area contributed by atoms with Crippen LogP contribution in [0.15, 0.2) is 47.4 Å². The Morgan fingerprint density at radius 3 is 2.33 bits per heavy atom. The van der Waals surface area contributed by atoms with E-state index in [9.17, 15) is 22.4 Å². The second-order valence-electron chi connectivity index (χ2n) is 5.56. The maximum absolute atomic E-state index is 13.6. The third-order valence-electron chi connectivity index (χ3n) is 3.40. The quantitative estimate of drug-likeness (QED) is 0.733. The number of ether oxygens (including phenoxy) is 1. The van der Waals surface area contributed by atoms with Crippen LogP contribution in [0.3, 0.4) is 0 Å². The van der Waals surface area contributed by atoms with Crippen LogP contribution in [0.5, 0.6) is 0 Å². The molecular weight excluding hydrogens is 399 g/mol. The monoisotopic (exact) mass is 414 g/mol. The number of halogens is 2. The number of carbonyl (C=O) groups excluding carboxylic acids is 2. The summed E-state index contributed by atoms with van der Waals surface area (Å²) in [5, 5.41) is 2.57. The molecule has 7 nitrogen and oxygen atoms in total. The molecule has 0 aliphatic carbocycles. The molecule has 0 heterocycles. The van der Waals surface area contributed by atoms with Crippen molar-refractivity contribution in [1.82, 2.24) is 4.31 Å². The highest BCUT2D eigenvalue weighted by molar-refractivity contribution is 7.89. The van der Waals surface area contributed by atoms with Crippen molar-refractivity contribution in [3.63, 3.8) is 0 Å². The third-order valence-corrected chi connectivity index (χ3v) is 5.47. The molecule has 0 fully saturated rings. The zero-order valence-electron chi connectivity index (χ0n) is 14.4. The van der Waals surface area contributed by atoms with Gasteiger partial charge >= 0.3 is 5.97 Å². The zero-order chi connectivity index (χ0) is 20.2. The highest BCUT2D eigenvalue weighted by Crippen LogP contribution is 2.17. The van der Waals surface area contributed by atoms with Gasteiger partial charge in [0.1, 0.15) is 5.82 Å². The number of sulfonamides is 1. The van der Waals surface area contributed by atoms with Gasteiger partial charge in [-0.1, -0.05) is 11.6 Å². The SMILES string of the molecule is CN(C)S(=O)(=O)c1ccc(NC(=O)COC(=O)c2ccc(Cl)cc2F)cc1. The fourth-order valence-electron chi connectivity index (χ4n) is 1.98. The lowest BCUT2D eigenvalue weighted by Gasteiger charge is -2.12. The maximum atomic E-state index is 13.6. The number of anilines is 1. The van der Waals surface area contributed by atoms with Gasteiger partial charge in [-0.25, -0.2) is 21.9 Å². The fourth-order valence-corrected chi connectivity index (χ4v) is 3.04. The molecule has 0 aromatic heterocycles. The van der Waals surface area contributed by atoms with Crippen molar-refractivity contribution >= 4 is 39.2 Å². The van der Waals surface area contributed by atoms with E-state index >= 15 is 0 Å². The highest BCUT2D eigenvalue weighted by atomic mass is 35.5. The summed E-state index contributed by atoms with van der Waals surface area (Å²) in [5.41, 5.74) is -0.0307. The Hall–Kier alpha value is -2.49. The Morgan fingerprint density at radius 1 is 1.15 bits per heavy atom. The molecule has 27 heavy (non-hydrogen) atoms. The van der Waals surface area contributed by atoms with Gasteiger partial charge in [-0.2, -0.15) is 0 Å². The molecule has 1 amide bonds. The number of esters is 1. The van der Waals surface area contributed by atoms with Gasteiger partial charge in [0, 0.05) is 24.8 Å². The van der Waals surface area contributed by atoms with Gasteiger partial charge in [0.2, 0.25) is 10.0 Å². The Balaban J connectivity index is 1.95. The van der Waals surface area contributed by atoms with E-state index in [-0.39, 0.29) is 15.5 Å². The molecule has 10 heteroatoms. The van der Waals surface area contributed by atoms with E-state index in [1.54, 1.807) is 0 Å². The minimum Gasteiger partial charge on any atom is -0.452 e. The first-order chi connectivity index (χ1) is 12.6. The first-order valence-electron chi connectivity index (χ1n) is 7.56. The van der Waals surface area contributed by atoms with Crippen LogP contribution in [0.4, 0.5) is 10.1 Å². The molecule has 0 aliphatic rings. The zero-order valence-corrected chi connectivity index (χ0v) is 16.0. The third kappa shape index (κ3) is 5.25. The number of benzene rings is 2. The summed E-state index contributed by atoms with van der Waals surface area (Å²) < 4.78 is 43.4. The summed E-state index contributed by atoms with van der Waals surface area (Å²) in [7, 11) is -0.764. The number of hydrogen-bond acceptors (Lipinski definition) is 5. The van der Waals surface area contributed by atoms with Crippen molar-refractivity contribution in [1.29, 1.82) is 0 Å². The Morgan fingerprint density at radius 2 is 1.78 bits per heavy atom. The van der Waals surface area contributed by atoms with Crippen LogP contribution in [0.1, 0.15) is 10.4 Å². The predicted octanol–water partition coefficient (Wildman–Crippen LogP) is 2.52. The van der Waals surface area contributed by atoms with Gasteiger partial charge in [0.25, 0.3) is 5.91 Å². The van der Waals surface area contributed by atoms with E-state index < -0.39 is 34.3 Å². The van der Waals surface area contributed by atoms with Gasteiger partial charge in [-0.05, 0) is 42.5 Å². The predicted molar refractivity (Wildman–Crippen MR) is 97.6 cm³/mol. The van der Waals surface area contributed by atoms with Gasteiger partial charge in [-0.15, -0.1) is 0 Å². The van der Waals surface area contributed by atoms with Crippen LogP contribution in [0, 0.1) is 5.82 Å². The summed E-state index contributed by atoms with van der Waals surface area (Å²) in [6.07, 6.45) is 0. The minimum absolute atomic E-state index is 0.0649. The maximum Gasteiger partial charge on any atom is 0.341 e. The first kappa shape index (κ1) is 20.8. The van der Waals surface area contributed by atoms with Crippen molar-refractivity contribution in [2.45, 2.75) is 4.90 Å². The van der Waals surface area contributed by atoms with Gasteiger partial charge < -0.3 is 10.1 Å². The standard InChI is InChI=1S/C17H16ClFN2O5S/c1-21(2)27(24,25)13-6-4-12(5-7-13)20-16(22)10-26-17(23)14-8-3-11(18)9-15(14)19/h3-9H,10H2,1-2H3,(H,20,22). The van der Waals surface area contributed by atoms with Crippen molar-refractivity contribution in [2.24, 2.45) is 0 Å². The second-order valence-corrected chi connectivity index (χ2v) is 8.15. The molecule has 0 aliphatic heterocycles. The number of hydrogen-bond donors (Lipinski definition) is 1. The largest absolute Gasteiger partial charge is 0.452 e. The molecule has 0 radical (unpaired) electrons. The summed E-state index contributed by atoms with van der Waals surface area (Å²) >= 11 is 5.60. The summed E-state index contributed by atoms with van der Waals surface area (Å²) in [6, 6.07) is 8.90. The van der Waals surface area contributed by atoms with E-state index in [0.717, 1.165) is 16.4 Å². The Bertz CT molecular complexity index is 962. The van der Waals surface area contributed by atoms with E-state index in [1.807, 2.05) is 0 Å². The lowest BCUT2D eigenvalue weighted by Crippen LogP contribution is -2.23. The van der Waals surface area contributed by atoms with Crippen molar-refractivity contribution in [3.8, 4) is 0 Å². The first-order valence-corrected chi connectivity index (χ1v) is 9.37. The van der Waals surface area contributed by atoms with E-state index in [0.29, 0.717) is 5.69 Å². The van der Waals surface area contributed by atoms with Gasteiger partial charge in [0.15, 0.2) is 6.61 Å². The van der Waals surface area contributed by atoms with Crippen LogP contribution in [-0.4, -0.2) is 45.3 Å². The molecule has 1 N–H and O–H groups in total. The summed E-state index contributed by atoms with van der Waals surface area (Å²) in [4.78, 5) is 23.7. The number of carbonyl (C=O) groups is 2. The lowest BCUT2D eigenvalue weighted by molar-refractivity contribution is -0.119. The smallest absolute Gasteiger partial charge is 0.341 e. The highest BCUT2D eigenvalue weighted by Gasteiger charge is 2.17. The minimum atomic E-state index is -3.58. The van der Waals surface area contributed by atoms with Crippen molar-refractivity contribution < 1.29 is 27.1 Å². The normalized spacial score (nSPS) is 11.3. The molecule has 144 valence electrons. The fraction of sp³-hybridized carbons (Fsp3) is 0.176. The van der Waals surface area contributed by atoms with Crippen molar-refractivity contribution in [2.75, 3.05) is 26.0 Å². The molecule has 0 unspecified atom stereocenters. The molecule has 0 bridgehead atoms. The lowest BCUT2D eigenvalue weighted by atomic mass is 10.2. The molecule has 0 spiro atoms. The van der Waals surface area contributed by atoms with Crippen LogP contribution in [0.25, 0.3) is 0 Å². The van der Waals surface area contributed by atoms with Crippen LogP contribution >= 0.6 is 11.6 Å². The van der Waals surface area contributed by atoms with E-state index in [4.69, 9.17) is 16.3 Å². The number of rotatable bonds is 6. The molecule has 2 rings (SSSR count). The summed E-state index contributed by atoms with van der Waals surface area (Å²) in [6.45, 7) is -0.640. The van der Waals surface area contributed by atoms with Gasteiger partial charge in [-0.3, -0.25) is 4.79 Å². The average Bonchev–Trinajstić information content (AvgIpc) is 2.60. The number of nitrogens with zero attached hydrogens (tertiary/aromatic N) is 1.